The van der Waals surface area contributed by atoms with E-state index < -0.39 is 23.9 Å². The Balaban J connectivity index is 0.000000501. The minimum Gasteiger partial charge on any atom is -0.506 e. The van der Waals surface area contributed by atoms with Crippen LogP contribution in [0.1, 0.15) is 49.7 Å². The number of carbonyl (C=O) groups excluding carboxylic acids is 4. The predicted molar refractivity (Wildman–Crippen MR) is 177 cm³/mol. The van der Waals surface area contributed by atoms with Gasteiger partial charge in [0.25, 0.3) is 5.91 Å². The van der Waals surface area contributed by atoms with Crippen molar-refractivity contribution < 1.29 is 55.4 Å². The highest BCUT2D eigenvalue weighted by Gasteiger charge is 2.54. The predicted octanol–water partition coefficient (Wildman–Crippen LogP) is 5.79. The number of carbonyl (C=O) groups is 4. The Labute approximate surface area is 300 Å². The lowest BCUT2D eigenvalue weighted by atomic mass is 9.94. The molecular weight excluding hydrogens is 733 g/mol. The molecule has 4 N–H and O–H groups in total. The van der Waals surface area contributed by atoms with Gasteiger partial charge >= 0.3 is 23.9 Å². The van der Waals surface area contributed by atoms with Crippen LogP contribution in [0.4, 0.5) is 32.0 Å². The number of ketones is 2. The van der Waals surface area contributed by atoms with Crippen LogP contribution in [0.15, 0.2) is 30.3 Å². The summed E-state index contributed by atoms with van der Waals surface area (Å²) in [6.07, 6.45) is -3.90. The summed E-state index contributed by atoms with van der Waals surface area (Å²) in [4.78, 5) is 46.1. The summed E-state index contributed by atoms with van der Waals surface area (Å²) in [6.45, 7) is 3.37. The molecule has 0 spiro atoms. The number of halogens is 8. The van der Waals surface area contributed by atoms with Crippen LogP contribution >= 0.6 is 23.2 Å². The maximum atomic E-state index is 13.2. The van der Waals surface area contributed by atoms with Crippen LogP contribution in [0.3, 0.4) is 0 Å². The maximum Gasteiger partial charge on any atom is 0.458 e. The quantitative estimate of drug-likeness (QED) is 0.0820. The molecule has 10 nitrogen and oxygen atoms in total. The Hall–Kier alpha value is -3.60. The van der Waals surface area contributed by atoms with E-state index in [1.165, 1.54) is 19.3 Å². The first-order chi connectivity index (χ1) is 24.0. The van der Waals surface area contributed by atoms with Gasteiger partial charge in [0.2, 0.25) is 5.91 Å². The topological polar surface area (TPSA) is 137 Å². The van der Waals surface area contributed by atoms with Gasteiger partial charge in [-0.15, -0.1) is 0 Å². The largest absolute Gasteiger partial charge is 0.506 e. The Morgan fingerprint density at radius 2 is 1.45 bits per heavy atom. The summed E-state index contributed by atoms with van der Waals surface area (Å²) < 4.78 is 72.5. The minimum atomic E-state index is -5.77. The van der Waals surface area contributed by atoms with Crippen molar-refractivity contribution in [3.63, 3.8) is 0 Å². The van der Waals surface area contributed by atoms with Crippen molar-refractivity contribution in [2.45, 2.75) is 69.8 Å². The summed E-state index contributed by atoms with van der Waals surface area (Å²) in [7, 11) is 0. The molecule has 2 amide bonds. The molecule has 1 saturated carbocycles. The fraction of sp³-hybridized carbons (Fsp3) is 0.515. The molecule has 1 fully saturated rings. The SMILES string of the molecule is O=C(C(=O)C(F)(F)F)C(F)(F)F.O=C1COc2c(CCNCCN(C(=O)CCNCCc3ccc(Cl)cc3Cl)C3CCCCC3)ccc(O)c2N1. The number of hydrogen-bond donors (Lipinski definition) is 4. The summed E-state index contributed by atoms with van der Waals surface area (Å²) in [5.41, 5.74) is 2.29. The number of phenolic OH excluding ortho intramolecular Hbond substituents is 1. The molecule has 0 bridgehead atoms. The Kier molecular flexibility index (Phi) is 15.8. The van der Waals surface area contributed by atoms with E-state index in [9.17, 15) is 50.6 Å². The fourth-order valence-corrected chi connectivity index (χ4v) is 6.03. The van der Waals surface area contributed by atoms with E-state index in [0.717, 1.165) is 36.9 Å². The summed E-state index contributed by atoms with van der Waals surface area (Å²) >= 11 is 12.2. The number of amides is 2. The number of benzene rings is 2. The molecule has 0 aromatic heterocycles. The Morgan fingerprint density at radius 1 is 0.863 bits per heavy atom. The summed E-state index contributed by atoms with van der Waals surface area (Å²) in [5, 5.41) is 20.9. The molecule has 51 heavy (non-hydrogen) atoms. The molecule has 1 aliphatic heterocycles. The molecule has 0 atom stereocenters. The molecule has 0 radical (unpaired) electrons. The standard InChI is InChI=1S/C29H38Cl2N4O4.C4F6O2/c30-22-8-6-20(24(31)18-22)10-13-32-15-12-27(38)35(23-4-2-1-3-5-23)17-16-33-14-11-21-7-9-25(36)28-29(21)39-19-26(37)34-28;5-3(6,7)1(11)2(12)4(8,9)10/h6-9,18,23,32-33,36H,1-5,10-17,19H2,(H,34,37);. The number of ether oxygens (including phenoxy) is 1. The fourth-order valence-electron chi connectivity index (χ4n) is 5.53. The number of alkyl halides is 6. The number of anilines is 1. The third kappa shape index (κ3) is 13.2. The minimum absolute atomic E-state index is 0.000312. The van der Waals surface area contributed by atoms with Gasteiger partial charge in [0.05, 0.1) is 0 Å². The lowest BCUT2D eigenvalue weighted by Crippen LogP contribution is -2.45. The van der Waals surface area contributed by atoms with E-state index in [0.29, 0.717) is 66.5 Å². The molecule has 1 heterocycles. The molecule has 2 aromatic carbocycles. The highest BCUT2D eigenvalue weighted by Crippen LogP contribution is 2.39. The summed E-state index contributed by atoms with van der Waals surface area (Å²) in [6, 6.07) is 9.24. The third-order valence-corrected chi connectivity index (χ3v) is 8.68. The molecule has 2 aliphatic rings. The van der Waals surface area contributed by atoms with Crippen LogP contribution in [0.2, 0.25) is 10.0 Å². The van der Waals surface area contributed by atoms with Crippen LogP contribution in [0.5, 0.6) is 11.5 Å². The number of rotatable bonds is 14. The summed E-state index contributed by atoms with van der Waals surface area (Å²) in [5.74, 6) is -6.37. The highest BCUT2D eigenvalue weighted by molar-refractivity contribution is 6.41. The van der Waals surface area contributed by atoms with Crippen molar-refractivity contribution in [3.05, 3.63) is 51.5 Å². The van der Waals surface area contributed by atoms with Crippen LogP contribution in [0, 0.1) is 0 Å². The van der Waals surface area contributed by atoms with Gasteiger partial charge in [0, 0.05) is 42.1 Å². The van der Waals surface area contributed by atoms with E-state index in [1.54, 1.807) is 12.1 Å². The monoisotopic (exact) mass is 770 g/mol. The van der Waals surface area contributed by atoms with Gasteiger partial charge in [-0.25, -0.2) is 0 Å². The van der Waals surface area contributed by atoms with Gasteiger partial charge < -0.3 is 30.7 Å². The smallest absolute Gasteiger partial charge is 0.458 e. The van der Waals surface area contributed by atoms with Crippen molar-refractivity contribution >= 4 is 52.3 Å². The van der Waals surface area contributed by atoms with Crippen molar-refractivity contribution in [3.8, 4) is 11.5 Å². The van der Waals surface area contributed by atoms with Crippen molar-refractivity contribution in [2.24, 2.45) is 0 Å². The Bertz CT molecular complexity index is 1510. The molecule has 0 saturated heterocycles. The molecule has 2 aromatic rings. The molecular formula is C33H38Cl2F6N4O6. The average Bonchev–Trinajstić information content (AvgIpc) is 3.07. The van der Waals surface area contributed by atoms with Crippen molar-refractivity contribution in [2.75, 3.05) is 44.6 Å². The van der Waals surface area contributed by atoms with Gasteiger partial charge in [-0.2, -0.15) is 26.3 Å². The van der Waals surface area contributed by atoms with E-state index in [1.807, 2.05) is 18.2 Å². The normalized spacial score (nSPS) is 14.8. The van der Waals surface area contributed by atoms with Gasteiger partial charge in [0.15, 0.2) is 12.4 Å². The van der Waals surface area contributed by atoms with Crippen molar-refractivity contribution in [1.82, 2.24) is 15.5 Å². The molecule has 1 aliphatic carbocycles. The molecule has 282 valence electrons. The number of aromatic hydroxyl groups is 1. The zero-order valence-corrected chi connectivity index (χ0v) is 28.8. The van der Waals surface area contributed by atoms with Gasteiger partial charge in [-0.05, 0) is 68.1 Å². The van der Waals surface area contributed by atoms with Gasteiger partial charge in [-0.3, -0.25) is 19.2 Å². The maximum absolute atomic E-state index is 13.2. The molecule has 4 rings (SSSR count). The highest BCUT2D eigenvalue weighted by atomic mass is 35.5. The lowest BCUT2D eigenvalue weighted by molar-refractivity contribution is -0.193. The number of nitrogens with zero attached hydrogens (tertiary/aromatic N) is 1. The second kappa shape index (κ2) is 19.3. The van der Waals surface area contributed by atoms with E-state index in [2.05, 4.69) is 20.9 Å². The van der Waals surface area contributed by atoms with Crippen LogP contribution in [-0.4, -0.2) is 91.1 Å². The molecule has 18 heteroatoms. The van der Waals surface area contributed by atoms with Crippen LogP contribution < -0.4 is 20.7 Å². The first-order valence-corrected chi connectivity index (χ1v) is 16.9. The number of nitrogens with one attached hydrogen (secondary N) is 3. The third-order valence-electron chi connectivity index (χ3n) is 8.09. The molecule has 0 unspecified atom stereocenters. The van der Waals surface area contributed by atoms with Gasteiger partial charge in [-0.1, -0.05) is 54.6 Å². The van der Waals surface area contributed by atoms with Crippen LogP contribution in [-0.2, 0) is 32.0 Å². The number of Topliss-reactive ketones (excluding diaryl/α,β-unsaturated/α-hetero) is 2. The van der Waals surface area contributed by atoms with Crippen molar-refractivity contribution in [1.29, 1.82) is 0 Å². The number of hydrogen-bond acceptors (Lipinski definition) is 8. The number of fused-ring (bicyclic) bond motifs is 1. The van der Waals surface area contributed by atoms with E-state index >= 15 is 0 Å². The first kappa shape index (κ1) is 41.8. The Morgan fingerprint density at radius 3 is 2.06 bits per heavy atom. The number of phenols is 1. The zero-order valence-electron chi connectivity index (χ0n) is 27.3. The average molecular weight is 772 g/mol. The van der Waals surface area contributed by atoms with E-state index in [-0.39, 0.29) is 24.2 Å². The zero-order chi connectivity index (χ0) is 37.8. The first-order valence-electron chi connectivity index (χ1n) is 16.1. The van der Waals surface area contributed by atoms with E-state index in [4.69, 9.17) is 27.9 Å². The second-order valence-electron chi connectivity index (χ2n) is 11.8. The lowest BCUT2D eigenvalue weighted by Gasteiger charge is -2.34. The van der Waals surface area contributed by atoms with Crippen LogP contribution in [0.25, 0.3) is 0 Å². The second-order valence-corrected chi connectivity index (χ2v) is 12.6. The van der Waals surface area contributed by atoms with Gasteiger partial charge in [0.1, 0.15) is 11.4 Å².